The molecule has 0 rings (SSSR count). The van der Waals surface area contributed by atoms with Crippen LogP contribution in [0, 0.1) is 0 Å². The Bertz CT molecular complexity index is 1140. The number of carbonyl (C=O) groups is 2. The van der Waals surface area contributed by atoms with E-state index in [9.17, 15) is 19.0 Å². The summed E-state index contributed by atoms with van der Waals surface area (Å²) in [5, 5.41) is 0. The van der Waals surface area contributed by atoms with Crippen molar-refractivity contribution in [1.82, 2.24) is 0 Å². The van der Waals surface area contributed by atoms with E-state index in [1.165, 1.54) is 225 Å². The van der Waals surface area contributed by atoms with Gasteiger partial charge in [0.05, 0.1) is 27.7 Å². The van der Waals surface area contributed by atoms with Gasteiger partial charge in [0.2, 0.25) is 0 Å². The third-order valence-electron chi connectivity index (χ3n) is 13.0. The van der Waals surface area contributed by atoms with Gasteiger partial charge in [-0.1, -0.05) is 257 Å². The topological polar surface area (TPSA) is 108 Å². The van der Waals surface area contributed by atoms with E-state index in [0.717, 1.165) is 25.7 Å². The summed E-state index contributed by atoms with van der Waals surface area (Å²) in [5.74, 6) is -0.816. The molecule has 0 heterocycles. The number of quaternary nitrogens is 1. The molecule has 0 aromatic carbocycles. The smallest absolute Gasteiger partial charge is 0.462 e. The molecule has 2 atom stereocenters. The molecule has 0 saturated carbocycles. The van der Waals surface area contributed by atoms with Crippen LogP contribution in [0.3, 0.4) is 0 Å². The van der Waals surface area contributed by atoms with Crippen molar-refractivity contribution >= 4 is 19.8 Å². The van der Waals surface area contributed by atoms with Crippen LogP contribution in [-0.4, -0.2) is 74.9 Å². The summed E-state index contributed by atoms with van der Waals surface area (Å²) in [5.41, 5.74) is 0. The Morgan fingerprint density at radius 1 is 0.448 bits per heavy atom. The summed E-state index contributed by atoms with van der Waals surface area (Å²) in [4.78, 5) is 35.6. The second-order valence-electron chi connectivity index (χ2n) is 21.0. The first-order valence-electron chi connectivity index (χ1n) is 28.9. The fourth-order valence-electron chi connectivity index (χ4n) is 8.55. The molecule has 67 heavy (non-hydrogen) atoms. The van der Waals surface area contributed by atoms with E-state index in [1.807, 2.05) is 21.1 Å². The van der Waals surface area contributed by atoms with Gasteiger partial charge in [-0.2, -0.15) is 0 Å². The SMILES string of the molecule is CCCCCCCCCCCCCCCCCCCC/C=C/CCCC(=O)OC[C@H](COP(=O)(O)OCC[N+](C)(C)C)OC(=O)CCCCCCCCCCCCCCCCCCCCCC. The van der Waals surface area contributed by atoms with Gasteiger partial charge >= 0.3 is 19.8 Å². The van der Waals surface area contributed by atoms with E-state index in [4.69, 9.17) is 18.5 Å². The number of unbranched alkanes of at least 4 members (excludes halogenated alkanes) is 38. The average molecular weight is 972 g/mol. The highest BCUT2D eigenvalue weighted by Crippen LogP contribution is 2.43. The minimum absolute atomic E-state index is 0.0319. The Hall–Kier alpha value is -1.25. The van der Waals surface area contributed by atoms with Crippen molar-refractivity contribution in [2.24, 2.45) is 0 Å². The van der Waals surface area contributed by atoms with E-state index < -0.39 is 32.5 Å². The highest BCUT2D eigenvalue weighted by atomic mass is 31.2. The van der Waals surface area contributed by atoms with E-state index in [2.05, 4.69) is 26.0 Å². The lowest BCUT2D eigenvalue weighted by atomic mass is 10.0. The molecule has 0 aliphatic heterocycles. The third kappa shape index (κ3) is 53.9. The molecule has 0 bridgehead atoms. The van der Waals surface area contributed by atoms with Crippen molar-refractivity contribution in [1.29, 1.82) is 0 Å². The van der Waals surface area contributed by atoms with Crippen LogP contribution in [-0.2, 0) is 32.7 Å². The van der Waals surface area contributed by atoms with Gasteiger partial charge in [0, 0.05) is 12.8 Å². The molecule has 0 aromatic rings. The lowest BCUT2D eigenvalue weighted by molar-refractivity contribution is -0.870. The lowest BCUT2D eigenvalue weighted by Gasteiger charge is -2.24. The maximum atomic E-state index is 12.8. The highest BCUT2D eigenvalue weighted by molar-refractivity contribution is 7.47. The summed E-state index contributed by atoms with van der Waals surface area (Å²) >= 11 is 0. The van der Waals surface area contributed by atoms with Crippen LogP contribution in [0.1, 0.15) is 290 Å². The Morgan fingerprint density at radius 2 is 0.776 bits per heavy atom. The predicted molar refractivity (Wildman–Crippen MR) is 284 cm³/mol. The Kier molecular flexibility index (Phi) is 48.8. The third-order valence-corrected chi connectivity index (χ3v) is 14.0. The molecule has 0 aliphatic carbocycles. The van der Waals surface area contributed by atoms with E-state index >= 15 is 0 Å². The molecule has 0 radical (unpaired) electrons. The van der Waals surface area contributed by atoms with Gasteiger partial charge < -0.3 is 18.9 Å². The van der Waals surface area contributed by atoms with Gasteiger partial charge in [0.25, 0.3) is 0 Å². The normalized spacial score (nSPS) is 13.3. The number of likely N-dealkylation sites (N-methyl/N-ethyl adjacent to an activating group) is 1. The summed E-state index contributed by atoms with van der Waals surface area (Å²) in [6.07, 6.45) is 57.2. The standard InChI is InChI=1S/C57H112NO8P/c1-6-8-10-12-14-16-18-20-22-24-26-28-29-30-32-33-35-37-39-41-43-45-47-49-56(59)63-53-55(54-65-67(61,62)64-52-51-58(3,4)5)66-57(60)50-48-46-44-42-40-38-36-34-31-27-25-23-21-19-17-15-13-11-9-7-2/h41,43,55H,6-40,42,44-54H2,1-5H3/p+1/b43-41+/t55-/m1/s1. The molecule has 0 fully saturated rings. The van der Waals surface area contributed by atoms with Gasteiger partial charge in [0.15, 0.2) is 6.10 Å². The predicted octanol–water partition coefficient (Wildman–Crippen LogP) is 17.7. The second kappa shape index (κ2) is 49.7. The van der Waals surface area contributed by atoms with Gasteiger partial charge in [-0.05, 0) is 32.1 Å². The van der Waals surface area contributed by atoms with Crippen LogP contribution < -0.4 is 0 Å². The van der Waals surface area contributed by atoms with Gasteiger partial charge in [-0.3, -0.25) is 18.6 Å². The van der Waals surface area contributed by atoms with Crippen LogP contribution in [0.4, 0.5) is 0 Å². The fraction of sp³-hybridized carbons (Fsp3) is 0.930. The molecular formula is C57H113NO8P+. The first kappa shape index (κ1) is 65.8. The van der Waals surface area contributed by atoms with Crippen LogP contribution in [0.15, 0.2) is 12.2 Å². The van der Waals surface area contributed by atoms with Crippen LogP contribution in [0.2, 0.25) is 0 Å². The Balaban J connectivity index is 4.15. The molecule has 0 aromatic heterocycles. The monoisotopic (exact) mass is 971 g/mol. The van der Waals surface area contributed by atoms with Crippen molar-refractivity contribution in [2.75, 3.05) is 47.5 Å². The summed E-state index contributed by atoms with van der Waals surface area (Å²) in [6.45, 7) is 4.47. The summed E-state index contributed by atoms with van der Waals surface area (Å²) < 4.78 is 34.5. The number of rotatable bonds is 54. The molecule has 1 unspecified atom stereocenters. The van der Waals surface area contributed by atoms with Crippen molar-refractivity contribution in [3.05, 3.63) is 12.2 Å². The number of phosphoric ester groups is 1. The number of hydrogen-bond acceptors (Lipinski definition) is 7. The van der Waals surface area contributed by atoms with Crippen LogP contribution >= 0.6 is 7.82 Å². The number of allylic oxidation sites excluding steroid dienone is 2. The highest BCUT2D eigenvalue weighted by Gasteiger charge is 2.27. The minimum Gasteiger partial charge on any atom is -0.462 e. The van der Waals surface area contributed by atoms with Gasteiger partial charge in [0.1, 0.15) is 19.8 Å². The number of hydrogen-bond donors (Lipinski definition) is 1. The fourth-order valence-corrected chi connectivity index (χ4v) is 9.29. The minimum atomic E-state index is -4.38. The molecule has 398 valence electrons. The average Bonchev–Trinajstić information content (AvgIpc) is 3.29. The quantitative estimate of drug-likeness (QED) is 0.0211. The van der Waals surface area contributed by atoms with Gasteiger partial charge in [-0.15, -0.1) is 0 Å². The zero-order valence-corrected chi connectivity index (χ0v) is 46.1. The van der Waals surface area contributed by atoms with Crippen molar-refractivity contribution < 1.29 is 42.1 Å². The number of phosphoric acid groups is 1. The molecule has 10 heteroatoms. The number of nitrogens with zero attached hydrogens (tertiary/aromatic N) is 1. The molecule has 9 nitrogen and oxygen atoms in total. The maximum Gasteiger partial charge on any atom is 0.472 e. The van der Waals surface area contributed by atoms with Gasteiger partial charge in [-0.25, -0.2) is 4.57 Å². The first-order valence-corrected chi connectivity index (χ1v) is 30.4. The first-order chi connectivity index (χ1) is 32.5. The van der Waals surface area contributed by atoms with Crippen molar-refractivity contribution in [3.63, 3.8) is 0 Å². The molecular weight excluding hydrogens is 858 g/mol. The second-order valence-corrected chi connectivity index (χ2v) is 22.5. The van der Waals surface area contributed by atoms with Crippen LogP contribution in [0.5, 0.6) is 0 Å². The number of esters is 2. The van der Waals surface area contributed by atoms with E-state index in [-0.39, 0.29) is 26.1 Å². The zero-order chi connectivity index (χ0) is 49.2. The summed E-state index contributed by atoms with van der Waals surface area (Å²) in [7, 11) is 1.48. The van der Waals surface area contributed by atoms with Crippen molar-refractivity contribution in [3.8, 4) is 0 Å². The van der Waals surface area contributed by atoms with Crippen LogP contribution in [0.25, 0.3) is 0 Å². The number of carbonyl (C=O) groups excluding carboxylic acids is 2. The molecule has 0 amide bonds. The zero-order valence-electron chi connectivity index (χ0n) is 45.2. The molecule has 1 N–H and O–H groups in total. The Morgan fingerprint density at radius 3 is 1.15 bits per heavy atom. The number of ether oxygens (including phenoxy) is 2. The maximum absolute atomic E-state index is 12.8. The van der Waals surface area contributed by atoms with E-state index in [0.29, 0.717) is 23.9 Å². The Labute approximate surface area is 416 Å². The largest absolute Gasteiger partial charge is 0.472 e. The lowest BCUT2D eigenvalue weighted by Crippen LogP contribution is -2.37. The molecule has 0 saturated heterocycles. The molecule has 0 spiro atoms. The summed E-state index contributed by atoms with van der Waals surface area (Å²) in [6, 6.07) is 0. The molecule has 0 aliphatic rings. The van der Waals surface area contributed by atoms with Crippen molar-refractivity contribution in [2.45, 2.75) is 296 Å². The van der Waals surface area contributed by atoms with E-state index in [1.54, 1.807) is 0 Å².